The number of aromatic carboxylic acids is 1. The fraction of sp³-hybridized carbons (Fsp3) is 0.143. The first-order chi connectivity index (χ1) is 9.88. The van der Waals surface area contributed by atoms with Gasteiger partial charge in [0.1, 0.15) is 5.75 Å². The topological polar surface area (TPSA) is 103 Å². The van der Waals surface area contributed by atoms with Crippen LogP contribution in [0.4, 0.5) is 5.69 Å². The second-order valence-electron chi connectivity index (χ2n) is 4.42. The van der Waals surface area contributed by atoms with Crippen LogP contribution in [-0.4, -0.2) is 21.0 Å². The van der Waals surface area contributed by atoms with E-state index in [0.29, 0.717) is 11.3 Å². The van der Waals surface area contributed by atoms with Crippen LogP contribution < -0.4 is 4.74 Å². The van der Waals surface area contributed by atoms with E-state index in [-0.39, 0.29) is 22.9 Å². The van der Waals surface area contributed by atoms with Gasteiger partial charge in [0.15, 0.2) is 0 Å². The molecule has 1 heterocycles. The van der Waals surface area contributed by atoms with Crippen LogP contribution in [0, 0.1) is 24.0 Å². The molecule has 7 heteroatoms. The van der Waals surface area contributed by atoms with Crippen molar-refractivity contribution in [2.75, 3.05) is 0 Å². The van der Waals surface area contributed by atoms with Crippen molar-refractivity contribution in [2.45, 2.75) is 13.8 Å². The third kappa shape index (κ3) is 3.14. The van der Waals surface area contributed by atoms with E-state index < -0.39 is 10.9 Å². The molecule has 0 atom stereocenters. The molecule has 0 bridgehead atoms. The first kappa shape index (κ1) is 14.4. The highest BCUT2D eigenvalue weighted by atomic mass is 16.6. The molecule has 21 heavy (non-hydrogen) atoms. The van der Waals surface area contributed by atoms with Gasteiger partial charge in [0.2, 0.25) is 0 Å². The van der Waals surface area contributed by atoms with E-state index in [1.165, 1.54) is 24.3 Å². The third-order valence-electron chi connectivity index (χ3n) is 2.82. The van der Waals surface area contributed by atoms with Crippen molar-refractivity contribution in [3.8, 4) is 11.6 Å². The van der Waals surface area contributed by atoms with E-state index in [1.54, 1.807) is 19.9 Å². The summed E-state index contributed by atoms with van der Waals surface area (Å²) in [7, 11) is 0. The van der Waals surface area contributed by atoms with Crippen LogP contribution in [0.3, 0.4) is 0 Å². The smallest absolute Gasteiger partial charge is 0.335 e. The van der Waals surface area contributed by atoms with Crippen molar-refractivity contribution in [2.24, 2.45) is 0 Å². The predicted octanol–water partition coefficient (Wildman–Crippen LogP) is 3.10. The van der Waals surface area contributed by atoms with Gasteiger partial charge in [-0.3, -0.25) is 10.1 Å². The number of aryl methyl sites for hydroxylation is 2. The van der Waals surface area contributed by atoms with Crippen molar-refractivity contribution >= 4 is 11.7 Å². The maximum atomic E-state index is 11.0. The van der Waals surface area contributed by atoms with Crippen LogP contribution in [0.1, 0.15) is 21.6 Å². The highest BCUT2D eigenvalue weighted by Gasteiger charge is 2.19. The largest absolute Gasteiger partial charge is 0.478 e. The molecule has 1 N–H and O–H groups in total. The number of aromatic nitrogens is 1. The van der Waals surface area contributed by atoms with E-state index in [9.17, 15) is 14.9 Å². The summed E-state index contributed by atoms with van der Waals surface area (Å²) >= 11 is 0. The van der Waals surface area contributed by atoms with E-state index in [1.807, 2.05) is 0 Å². The van der Waals surface area contributed by atoms with Gasteiger partial charge in [-0.05, 0) is 37.6 Å². The molecule has 1 aromatic heterocycles. The molecule has 0 fully saturated rings. The Morgan fingerprint density at radius 3 is 2.62 bits per heavy atom. The zero-order valence-corrected chi connectivity index (χ0v) is 11.4. The van der Waals surface area contributed by atoms with Crippen molar-refractivity contribution < 1.29 is 19.6 Å². The fourth-order valence-corrected chi connectivity index (χ4v) is 1.69. The normalized spacial score (nSPS) is 10.2. The predicted molar refractivity (Wildman–Crippen MR) is 73.8 cm³/mol. The third-order valence-corrected chi connectivity index (χ3v) is 2.82. The van der Waals surface area contributed by atoms with Crippen LogP contribution >= 0.6 is 0 Å². The van der Waals surface area contributed by atoms with Crippen molar-refractivity contribution in [3.63, 3.8) is 0 Å². The number of nitro groups is 1. The Bertz CT molecular complexity index is 727. The Labute approximate surface area is 120 Å². The summed E-state index contributed by atoms with van der Waals surface area (Å²) in [6, 6.07) is 7.12. The minimum Gasteiger partial charge on any atom is -0.478 e. The Kier molecular flexibility index (Phi) is 3.84. The first-order valence-corrected chi connectivity index (χ1v) is 6.02. The number of hydrogen-bond donors (Lipinski definition) is 1. The maximum absolute atomic E-state index is 11.0. The zero-order valence-electron chi connectivity index (χ0n) is 11.4. The molecule has 0 spiro atoms. The summed E-state index contributed by atoms with van der Waals surface area (Å²) in [5.41, 5.74) is 0.965. The lowest BCUT2D eigenvalue weighted by Crippen LogP contribution is -2.00. The fourth-order valence-electron chi connectivity index (χ4n) is 1.69. The molecule has 2 aromatic rings. The number of benzene rings is 1. The van der Waals surface area contributed by atoms with Gasteiger partial charge in [-0.1, -0.05) is 6.07 Å². The molecule has 0 aliphatic heterocycles. The van der Waals surface area contributed by atoms with Gasteiger partial charge in [0.25, 0.3) is 5.88 Å². The van der Waals surface area contributed by atoms with E-state index in [4.69, 9.17) is 9.84 Å². The average Bonchev–Trinajstić information content (AvgIpc) is 2.40. The second-order valence-corrected chi connectivity index (χ2v) is 4.42. The lowest BCUT2D eigenvalue weighted by Gasteiger charge is -2.09. The number of rotatable bonds is 4. The van der Waals surface area contributed by atoms with Crippen LogP contribution in [0.15, 0.2) is 30.3 Å². The summed E-state index contributed by atoms with van der Waals surface area (Å²) < 4.78 is 5.46. The van der Waals surface area contributed by atoms with Crippen molar-refractivity contribution in [3.05, 3.63) is 57.3 Å². The van der Waals surface area contributed by atoms with Crippen LogP contribution in [-0.2, 0) is 0 Å². The Morgan fingerprint density at radius 1 is 1.29 bits per heavy atom. The van der Waals surface area contributed by atoms with Gasteiger partial charge in [-0.25, -0.2) is 9.78 Å². The second kappa shape index (κ2) is 5.58. The number of nitrogens with zero attached hydrogens (tertiary/aromatic N) is 2. The standard InChI is InChI=1S/C14H12N2O5/c1-8-3-5-10(14(17)18)7-12(8)21-13-11(16(19)20)6-4-9(2)15-13/h3-7H,1-2H3,(H,17,18). The summed E-state index contributed by atoms with van der Waals surface area (Å²) in [6.07, 6.45) is 0. The van der Waals surface area contributed by atoms with Crippen molar-refractivity contribution in [1.82, 2.24) is 4.98 Å². The number of ether oxygens (including phenoxy) is 1. The first-order valence-electron chi connectivity index (χ1n) is 6.02. The summed E-state index contributed by atoms with van der Waals surface area (Å²) in [5, 5.41) is 19.9. The number of hydrogen-bond acceptors (Lipinski definition) is 5. The van der Waals surface area contributed by atoms with Gasteiger partial charge in [0, 0.05) is 11.8 Å². The lowest BCUT2D eigenvalue weighted by atomic mass is 10.1. The molecule has 7 nitrogen and oxygen atoms in total. The SMILES string of the molecule is Cc1ccc([N+](=O)[O-])c(Oc2cc(C(=O)O)ccc2C)n1. The van der Waals surface area contributed by atoms with Crippen molar-refractivity contribution in [1.29, 1.82) is 0 Å². The van der Waals surface area contributed by atoms with Gasteiger partial charge in [0.05, 0.1) is 10.5 Å². The average molecular weight is 288 g/mol. The Morgan fingerprint density at radius 2 is 2.00 bits per heavy atom. The quantitative estimate of drug-likeness (QED) is 0.685. The summed E-state index contributed by atoms with van der Waals surface area (Å²) in [6.45, 7) is 3.39. The summed E-state index contributed by atoms with van der Waals surface area (Å²) in [4.78, 5) is 25.3. The molecule has 0 saturated heterocycles. The number of carbonyl (C=O) groups is 1. The molecule has 108 valence electrons. The molecule has 0 aliphatic carbocycles. The molecule has 1 aromatic carbocycles. The molecule has 0 saturated carbocycles. The van der Waals surface area contributed by atoms with Gasteiger partial charge in [-0.15, -0.1) is 0 Å². The van der Waals surface area contributed by atoms with Gasteiger partial charge >= 0.3 is 11.7 Å². The van der Waals surface area contributed by atoms with Gasteiger partial charge in [-0.2, -0.15) is 0 Å². The summed E-state index contributed by atoms with van der Waals surface area (Å²) in [5.74, 6) is -1.05. The minimum atomic E-state index is -1.11. The monoisotopic (exact) mass is 288 g/mol. The zero-order chi connectivity index (χ0) is 15.6. The molecular formula is C14H12N2O5. The highest BCUT2D eigenvalue weighted by molar-refractivity contribution is 5.88. The van der Waals surface area contributed by atoms with Crippen LogP contribution in [0.25, 0.3) is 0 Å². The maximum Gasteiger partial charge on any atom is 0.335 e. The molecule has 2 rings (SSSR count). The molecule has 0 amide bonds. The molecular weight excluding hydrogens is 276 g/mol. The Hall–Kier alpha value is -2.96. The molecule has 0 unspecified atom stereocenters. The number of carboxylic acid groups (broad SMARTS) is 1. The van der Waals surface area contributed by atoms with Gasteiger partial charge < -0.3 is 9.84 Å². The van der Waals surface area contributed by atoms with E-state index in [2.05, 4.69) is 4.98 Å². The lowest BCUT2D eigenvalue weighted by molar-refractivity contribution is -0.386. The number of pyridine rings is 1. The number of carboxylic acids is 1. The molecule has 0 radical (unpaired) electrons. The van der Waals surface area contributed by atoms with E-state index >= 15 is 0 Å². The molecule has 0 aliphatic rings. The van der Waals surface area contributed by atoms with Crippen LogP contribution in [0.2, 0.25) is 0 Å². The van der Waals surface area contributed by atoms with E-state index in [0.717, 1.165) is 0 Å². The Balaban J connectivity index is 2.47. The van der Waals surface area contributed by atoms with Crippen LogP contribution in [0.5, 0.6) is 11.6 Å². The minimum absolute atomic E-state index is 0.0332. The highest BCUT2D eigenvalue weighted by Crippen LogP contribution is 2.31.